The minimum absolute atomic E-state index is 0.00757. The number of amides is 3. The first-order valence-corrected chi connectivity index (χ1v) is 15.9. The highest BCUT2D eigenvalue weighted by atomic mass is 35.5. The molecule has 0 radical (unpaired) electrons. The smallest absolute Gasteiger partial charge is 0.422 e. The lowest BCUT2D eigenvalue weighted by Gasteiger charge is -2.19. The van der Waals surface area contributed by atoms with Crippen LogP contribution in [0.4, 0.5) is 45.2 Å². The Kier molecular flexibility index (Phi) is 11.6. The van der Waals surface area contributed by atoms with Crippen LogP contribution in [0.2, 0.25) is 5.02 Å². The number of hydrogen-bond acceptors (Lipinski definition) is 10. The Hall–Kier alpha value is -6.11. The number of carboxylic acid groups (broad SMARTS) is 1. The molecule has 278 valence electrons. The second-order valence-electron chi connectivity index (χ2n) is 11.5. The molecule has 3 amide bonds. The number of rotatable bonds is 14. The van der Waals surface area contributed by atoms with Crippen LogP contribution in [-0.2, 0) is 19.9 Å². The number of benzene rings is 3. The lowest BCUT2D eigenvalue weighted by atomic mass is 10.1. The Morgan fingerprint density at radius 3 is 2.23 bits per heavy atom. The predicted molar refractivity (Wildman–Crippen MR) is 179 cm³/mol. The number of nitrogens with one attached hydrogen (secondary N) is 5. The summed E-state index contributed by atoms with van der Waals surface area (Å²) in [5, 5.41) is 22.4. The van der Waals surface area contributed by atoms with Crippen molar-refractivity contribution < 1.29 is 51.0 Å². The third-order valence-electron chi connectivity index (χ3n) is 7.61. The zero-order valence-electron chi connectivity index (χ0n) is 27.1. The van der Waals surface area contributed by atoms with Gasteiger partial charge in [0.1, 0.15) is 6.04 Å². The molecule has 5 rings (SSSR count). The van der Waals surface area contributed by atoms with Gasteiger partial charge in [0, 0.05) is 22.8 Å². The Labute approximate surface area is 301 Å². The third kappa shape index (κ3) is 10.5. The quantitative estimate of drug-likeness (QED) is 0.0754. The lowest BCUT2D eigenvalue weighted by Crippen LogP contribution is -2.44. The van der Waals surface area contributed by atoms with E-state index in [1.807, 2.05) is 5.32 Å². The highest BCUT2D eigenvalue weighted by molar-refractivity contribution is 6.39. The van der Waals surface area contributed by atoms with E-state index in [9.17, 15) is 46.2 Å². The normalized spacial score (nSPS) is 13.6. The molecule has 1 heterocycles. The first-order chi connectivity index (χ1) is 25.1. The fourth-order valence-corrected chi connectivity index (χ4v) is 4.92. The minimum atomic E-state index is -4.66. The summed E-state index contributed by atoms with van der Waals surface area (Å²) in [5.74, 6) is -7.75. The number of alkyl halides is 3. The topological polar surface area (TPSA) is 197 Å². The maximum atomic E-state index is 13.8. The van der Waals surface area contributed by atoms with Crippen molar-refractivity contribution in [3.8, 4) is 6.01 Å². The molecular weight excluding hydrogens is 735 g/mol. The molecule has 0 spiro atoms. The van der Waals surface area contributed by atoms with E-state index in [0.29, 0.717) is 17.9 Å². The number of nitrogens with zero attached hydrogens (tertiary/aromatic N) is 3. The number of aliphatic carboxylic acids is 1. The summed E-state index contributed by atoms with van der Waals surface area (Å²) in [5.41, 5.74) is -0.00514. The number of ether oxygens (including phenoxy) is 1. The molecule has 0 unspecified atom stereocenters. The number of carboxylic acids is 1. The standard InChI is InChI=1S/C33H28ClF5N8O6/c34-19-8-6-18(7-9-19)32(13-14-32)47-30-44-29(45-31(46-30)53-16-33(37,38)39)41-20-10-4-17(5-11-20)25(48)43-23(28(51)52)12-15-40-26(49)27(50)42-22-3-1-2-21(35)24(22)36/h1-11,23H,12-16H2,(H,40,49)(H,42,50)(H,43,48)(H,51,52)(H2,41,44,45,46,47)/t23-/m1/s1. The van der Waals surface area contributed by atoms with Gasteiger partial charge in [-0.3, -0.25) is 14.4 Å². The zero-order valence-corrected chi connectivity index (χ0v) is 27.8. The van der Waals surface area contributed by atoms with Gasteiger partial charge in [-0.25, -0.2) is 13.6 Å². The van der Waals surface area contributed by atoms with Gasteiger partial charge in [-0.05, 0) is 73.4 Å². The summed E-state index contributed by atoms with van der Waals surface area (Å²) >= 11 is 6.00. The van der Waals surface area contributed by atoms with Crippen LogP contribution in [0.1, 0.15) is 35.2 Å². The predicted octanol–water partition coefficient (Wildman–Crippen LogP) is 4.92. The number of carbonyl (C=O) groups is 4. The number of hydrogen-bond donors (Lipinski definition) is 6. The number of carbonyl (C=O) groups excluding carboxylic acids is 3. The van der Waals surface area contributed by atoms with Crippen LogP contribution in [0, 0.1) is 11.6 Å². The largest absolute Gasteiger partial charge is 0.480 e. The maximum absolute atomic E-state index is 13.8. The summed E-state index contributed by atoms with van der Waals surface area (Å²) in [7, 11) is 0. The van der Waals surface area contributed by atoms with Gasteiger partial charge in [0.15, 0.2) is 18.2 Å². The van der Waals surface area contributed by atoms with Crippen molar-refractivity contribution in [1.29, 1.82) is 0 Å². The zero-order chi connectivity index (χ0) is 38.3. The first-order valence-electron chi connectivity index (χ1n) is 15.5. The Bertz CT molecular complexity index is 2000. The summed E-state index contributed by atoms with van der Waals surface area (Å²) < 4.78 is 70.6. The molecule has 6 N–H and O–H groups in total. The van der Waals surface area contributed by atoms with Crippen LogP contribution in [0.25, 0.3) is 0 Å². The molecule has 53 heavy (non-hydrogen) atoms. The van der Waals surface area contributed by atoms with Crippen molar-refractivity contribution >= 4 is 58.6 Å². The molecule has 1 aliphatic rings. The first kappa shape index (κ1) is 38.1. The molecule has 1 aliphatic carbocycles. The van der Waals surface area contributed by atoms with Gasteiger partial charge in [0.25, 0.3) is 5.91 Å². The molecule has 1 aromatic heterocycles. The fourth-order valence-electron chi connectivity index (χ4n) is 4.80. The van der Waals surface area contributed by atoms with Crippen LogP contribution < -0.4 is 31.3 Å². The molecule has 1 fully saturated rings. The van der Waals surface area contributed by atoms with E-state index in [0.717, 1.165) is 23.8 Å². The number of halogens is 6. The van der Waals surface area contributed by atoms with Crippen molar-refractivity contribution in [3.05, 3.63) is 94.5 Å². The average molecular weight is 763 g/mol. The number of aromatic nitrogens is 3. The Morgan fingerprint density at radius 2 is 1.58 bits per heavy atom. The second-order valence-corrected chi connectivity index (χ2v) is 12.0. The van der Waals surface area contributed by atoms with Crippen LogP contribution >= 0.6 is 11.6 Å². The van der Waals surface area contributed by atoms with Gasteiger partial charge in [-0.15, -0.1) is 0 Å². The van der Waals surface area contributed by atoms with Crippen molar-refractivity contribution in [1.82, 2.24) is 25.6 Å². The molecular formula is C33H28ClF5N8O6. The van der Waals surface area contributed by atoms with Crippen LogP contribution in [0.3, 0.4) is 0 Å². The van der Waals surface area contributed by atoms with Gasteiger partial charge in [-0.1, -0.05) is 29.8 Å². The van der Waals surface area contributed by atoms with Gasteiger partial charge in [0.05, 0.1) is 11.2 Å². The molecule has 4 aromatic rings. The lowest BCUT2D eigenvalue weighted by molar-refractivity contribution is -0.154. The molecule has 0 saturated heterocycles. The third-order valence-corrected chi connectivity index (χ3v) is 7.86. The molecule has 14 nitrogen and oxygen atoms in total. The van der Waals surface area contributed by atoms with Crippen molar-refractivity contribution in [2.45, 2.75) is 37.0 Å². The molecule has 0 bridgehead atoms. The number of anilines is 4. The minimum Gasteiger partial charge on any atom is -0.480 e. The highest BCUT2D eigenvalue weighted by Gasteiger charge is 2.45. The fraction of sp³-hybridized carbons (Fsp3) is 0.242. The Balaban J connectivity index is 1.19. The maximum Gasteiger partial charge on any atom is 0.422 e. The molecule has 1 saturated carbocycles. The SMILES string of the molecule is O=C(NCC[C@@H](NC(=O)c1ccc(Nc2nc(NC3(c4ccc(Cl)cc4)CC3)nc(OCC(F)(F)F)n2)cc1)C(=O)O)C(=O)Nc1cccc(F)c1F. The van der Waals surface area contributed by atoms with Gasteiger partial charge in [0.2, 0.25) is 11.9 Å². The van der Waals surface area contributed by atoms with Gasteiger partial charge < -0.3 is 36.4 Å². The highest BCUT2D eigenvalue weighted by Crippen LogP contribution is 2.48. The average Bonchev–Trinajstić information content (AvgIpc) is 3.89. The molecule has 0 aliphatic heterocycles. The summed E-state index contributed by atoms with van der Waals surface area (Å²) in [6.45, 7) is -2.05. The van der Waals surface area contributed by atoms with E-state index in [2.05, 4.69) is 36.2 Å². The molecule has 1 atom stereocenters. The van der Waals surface area contributed by atoms with Crippen LogP contribution in [0.5, 0.6) is 6.01 Å². The molecule has 3 aromatic carbocycles. The van der Waals surface area contributed by atoms with Gasteiger partial charge in [-0.2, -0.15) is 28.1 Å². The summed E-state index contributed by atoms with van der Waals surface area (Å²) in [6.07, 6.45) is -3.66. The monoisotopic (exact) mass is 762 g/mol. The van der Waals surface area contributed by atoms with Gasteiger partial charge >= 0.3 is 30.0 Å². The van der Waals surface area contributed by atoms with E-state index < -0.39 is 77.9 Å². The molecule has 20 heteroatoms. The van der Waals surface area contributed by atoms with Crippen molar-refractivity contribution in [2.24, 2.45) is 0 Å². The van der Waals surface area contributed by atoms with Crippen molar-refractivity contribution in [2.75, 3.05) is 29.1 Å². The van der Waals surface area contributed by atoms with E-state index >= 15 is 0 Å². The van der Waals surface area contributed by atoms with Crippen molar-refractivity contribution in [3.63, 3.8) is 0 Å². The van der Waals surface area contributed by atoms with E-state index in [4.69, 9.17) is 16.3 Å². The second kappa shape index (κ2) is 16.1. The van der Waals surface area contributed by atoms with Crippen LogP contribution in [0.15, 0.2) is 66.7 Å². The summed E-state index contributed by atoms with van der Waals surface area (Å²) in [6, 6.07) is 13.3. The van der Waals surface area contributed by atoms with E-state index in [1.54, 1.807) is 24.3 Å². The Morgan fingerprint density at radius 1 is 0.906 bits per heavy atom. The van der Waals surface area contributed by atoms with Crippen LogP contribution in [-0.4, -0.2) is 69.1 Å². The van der Waals surface area contributed by atoms with E-state index in [-0.39, 0.29) is 29.6 Å². The van der Waals surface area contributed by atoms with E-state index in [1.165, 1.54) is 24.3 Å². The summed E-state index contributed by atoms with van der Waals surface area (Å²) in [4.78, 5) is 61.0.